The predicted octanol–water partition coefficient (Wildman–Crippen LogP) is 6.57. The number of nitrogens with zero attached hydrogens (tertiary/aromatic N) is 4. The Kier molecular flexibility index (Phi) is 7.93. The molecule has 4 aromatic rings. The van der Waals surface area contributed by atoms with E-state index in [9.17, 15) is 14.9 Å². The van der Waals surface area contributed by atoms with Crippen molar-refractivity contribution in [3.63, 3.8) is 0 Å². The molecule has 0 aliphatic rings. The molecular formula is C25H21Cl2N5O3S. The van der Waals surface area contributed by atoms with Crippen LogP contribution in [0.25, 0.3) is 5.69 Å². The number of nitro benzene ring substituents is 1. The standard InChI is InChI=1S/C25H21Cl2N5O3S/c1-15-4-3-5-17(12-15)14-36-25-30-29-23(31(25)19-7-9-20(10-8-19)32(34)35)16(2)28-24(33)18-6-11-21(26)22(27)13-18/h3-13,16H,14H2,1-2H3,(H,28,33). The Morgan fingerprint density at radius 2 is 1.83 bits per heavy atom. The summed E-state index contributed by atoms with van der Waals surface area (Å²) in [5.41, 5.74) is 3.25. The van der Waals surface area contributed by atoms with Crippen LogP contribution in [0.5, 0.6) is 0 Å². The van der Waals surface area contributed by atoms with Crippen LogP contribution in [-0.4, -0.2) is 25.6 Å². The summed E-state index contributed by atoms with van der Waals surface area (Å²) in [5.74, 6) is 0.772. The first kappa shape index (κ1) is 25.7. The van der Waals surface area contributed by atoms with E-state index in [2.05, 4.69) is 21.6 Å². The molecule has 8 nitrogen and oxygen atoms in total. The average Bonchev–Trinajstić information content (AvgIpc) is 3.28. The predicted molar refractivity (Wildman–Crippen MR) is 141 cm³/mol. The summed E-state index contributed by atoms with van der Waals surface area (Å²) in [6.45, 7) is 3.82. The van der Waals surface area contributed by atoms with Gasteiger partial charge in [-0.05, 0) is 49.7 Å². The van der Waals surface area contributed by atoms with Crippen molar-refractivity contribution in [1.29, 1.82) is 0 Å². The number of nitrogens with one attached hydrogen (secondary N) is 1. The number of aromatic nitrogens is 3. The monoisotopic (exact) mass is 541 g/mol. The highest BCUT2D eigenvalue weighted by Crippen LogP contribution is 2.29. The maximum absolute atomic E-state index is 12.9. The van der Waals surface area contributed by atoms with E-state index in [0.29, 0.717) is 33.0 Å². The van der Waals surface area contributed by atoms with Crippen LogP contribution in [0.2, 0.25) is 10.0 Å². The molecule has 1 aromatic heterocycles. The Balaban J connectivity index is 1.64. The normalized spacial score (nSPS) is 11.8. The van der Waals surface area contributed by atoms with Gasteiger partial charge < -0.3 is 5.32 Å². The molecule has 4 rings (SSSR count). The van der Waals surface area contributed by atoms with Crippen LogP contribution >= 0.6 is 35.0 Å². The second kappa shape index (κ2) is 11.1. The Morgan fingerprint density at radius 1 is 1.08 bits per heavy atom. The van der Waals surface area contributed by atoms with Gasteiger partial charge in [0.15, 0.2) is 11.0 Å². The maximum atomic E-state index is 12.9. The average molecular weight is 542 g/mol. The van der Waals surface area contributed by atoms with Gasteiger partial charge in [0.1, 0.15) is 0 Å². The fourth-order valence-corrected chi connectivity index (χ4v) is 4.75. The lowest BCUT2D eigenvalue weighted by molar-refractivity contribution is -0.384. The van der Waals surface area contributed by atoms with E-state index in [1.54, 1.807) is 35.8 Å². The van der Waals surface area contributed by atoms with Crippen molar-refractivity contribution < 1.29 is 9.72 Å². The summed E-state index contributed by atoms with van der Waals surface area (Å²) >= 11 is 13.5. The number of benzene rings is 3. The van der Waals surface area contributed by atoms with Gasteiger partial charge in [0.25, 0.3) is 11.6 Å². The van der Waals surface area contributed by atoms with Crippen LogP contribution in [0.4, 0.5) is 5.69 Å². The number of rotatable bonds is 8. The van der Waals surface area contributed by atoms with E-state index in [4.69, 9.17) is 23.2 Å². The van der Waals surface area contributed by atoms with Crippen LogP contribution in [0, 0.1) is 17.0 Å². The summed E-state index contributed by atoms with van der Waals surface area (Å²) in [7, 11) is 0. The summed E-state index contributed by atoms with van der Waals surface area (Å²) in [6.07, 6.45) is 0. The third-order valence-corrected chi connectivity index (χ3v) is 7.08. The number of hydrogen-bond acceptors (Lipinski definition) is 6. The molecule has 0 spiro atoms. The molecule has 0 saturated heterocycles. The molecule has 1 N–H and O–H groups in total. The lowest BCUT2D eigenvalue weighted by Crippen LogP contribution is -2.28. The highest BCUT2D eigenvalue weighted by molar-refractivity contribution is 7.98. The molecule has 1 atom stereocenters. The zero-order valence-electron chi connectivity index (χ0n) is 19.3. The summed E-state index contributed by atoms with van der Waals surface area (Å²) in [4.78, 5) is 23.5. The van der Waals surface area contributed by atoms with Crippen LogP contribution in [0.15, 0.2) is 71.9 Å². The Labute approximate surface area is 221 Å². The van der Waals surface area contributed by atoms with Crippen molar-refractivity contribution in [1.82, 2.24) is 20.1 Å². The van der Waals surface area contributed by atoms with Gasteiger partial charge in [0, 0.05) is 29.1 Å². The molecule has 0 aliphatic heterocycles. The SMILES string of the molecule is Cc1cccc(CSc2nnc(C(C)NC(=O)c3ccc(Cl)c(Cl)c3)n2-c2ccc([N+](=O)[O-])cc2)c1. The van der Waals surface area contributed by atoms with Crippen molar-refractivity contribution in [2.75, 3.05) is 0 Å². The molecular weight excluding hydrogens is 521 g/mol. The van der Waals surface area contributed by atoms with E-state index >= 15 is 0 Å². The lowest BCUT2D eigenvalue weighted by Gasteiger charge is -2.16. The minimum Gasteiger partial charge on any atom is -0.342 e. The Morgan fingerprint density at radius 3 is 2.50 bits per heavy atom. The van der Waals surface area contributed by atoms with E-state index in [0.717, 1.165) is 11.1 Å². The Hall–Kier alpha value is -3.40. The van der Waals surface area contributed by atoms with Crippen molar-refractivity contribution in [2.24, 2.45) is 0 Å². The van der Waals surface area contributed by atoms with Crippen LogP contribution < -0.4 is 5.32 Å². The molecule has 1 heterocycles. The molecule has 0 saturated carbocycles. The quantitative estimate of drug-likeness (QED) is 0.153. The molecule has 0 bridgehead atoms. The first-order valence-corrected chi connectivity index (χ1v) is 12.6. The molecule has 3 aromatic carbocycles. The molecule has 11 heteroatoms. The summed E-state index contributed by atoms with van der Waals surface area (Å²) < 4.78 is 1.80. The molecule has 0 fully saturated rings. The van der Waals surface area contributed by atoms with Gasteiger partial charge in [-0.2, -0.15) is 0 Å². The number of amides is 1. The number of thioether (sulfide) groups is 1. The minimum atomic E-state index is -0.539. The molecule has 184 valence electrons. The molecule has 1 unspecified atom stereocenters. The van der Waals surface area contributed by atoms with Gasteiger partial charge in [-0.1, -0.05) is 64.8 Å². The first-order valence-electron chi connectivity index (χ1n) is 10.9. The van der Waals surface area contributed by atoms with Crippen molar-refractivity contribution >= 4 is 46.6 Å². The smallest absolute Gasteiger partial charge is 0.269 e. The second-order valence-electron chi connectivity index (χ2n) is 8.05. The van der Waals surface area contributed by atoms with Gasteiger partial charge >= 0.3 is 0 Å². The van der Waals surface area contributed by atoms with Gasteiger partial charge in [-0.25, -0.2) is 0 Å². The fourth-order valence-electron chi connectivity index (χ4n) is 3.55. The number of hydrogen-bond donors (Lipinski definition) is 1. The third kappa shape index (κ3) is 5.87. The summed E-state index contributed by atoms with van der Waals surface area (Å²) in [6, 6.07) is 18.4. The number of aryl methyl sites for hydroxylation is 1. The molecule has 0 radical (unpaired) electrons. The molecule has 1 amide bonds. The van der Waals surface area contributed by atoms with Crippen molar-refractivity contribution in [2.45, 2.75) is 30.8 Å². The number of nitro groups is 1. The maximum Gasteiger partial charge on any atom is 0.269 e. The van der Waals surface area contributed by atoms with Crippen LogP contribution in [0.3, 0.4) is 0 Å². The van der Waals surface area contributed by atoms with Crippen molar-refractivity contribution in [3.05, 3.63) is 109 Å². The van der Waals surface area contributed by atoms with Gasteiger partial charge in [-0.15, -0.1) is 10.2 Å². The number of non-ortho nitro benzene ring substituents is 1. The van der Waals surface area contributed by atoms with E-state index in [1.165, 1.54) is 30.0 Å². The van der Waals surface area contributed by atoms with Gasteiger partial charge in [-0.3, -0.25) is 19.5 Å². The first-order chi connectivity index (χ1) is 17.2. The Bertz CT molecular complexity index is 1430. The minimum absolute atomic E-state index is 0.0247. The topological polar surface area (TPSA) is 103 Å². The highest BCUT2D eigenvalue weighted by atomic mass is 35.5. The number of carbonyl (C=O) groups is 1. The molecule has 0 aliphatic carbocycles. The van der Waals surface area contributed by atoms with E-state index in [-0.39, 0.29) is 16.6 Å². The van der Waals surface area contributed by atoms with E-state index < -0.39 is 11.0 Å². The zero-order valence-corrected chi connectivity index (χ0v) is 21.6. The number of halogens is 2. The largest absolute Gasteiger partial charge is 0.342 e. The second-order valence-corrected chi connectivity index (χ2v) is 9.81. The van der Waals surface area contributed by atoms with Gasteiger partial charge in [0.05, 0.1) is 21.0 Å². The fraction of sp³-hybridized carbons (Fsp3) is 0.160. The van der Waals surface area contributed by atoms with Gasteiger partial charge in [0.2, 0.25) is 0 Å². The van der Waals surface area contributed by atoms with Crippen LogP contribution in [-0.2, 0) is 5.75 Å². The van der Waals surface area contributed by atoms with E-state index in [1.807, 2.05) is 25.1 Å². The summed E-state index contributed by atoms with van der Waals surface area (Å²) in [5, 5.41) is 24.0. The molecule has 36 heavy (non-hydrogen) atoms. The van der Waals surface area contributed by atoms with Crippen LogP contribution in [0.1, 0.15) is 40.3 Å². The van der Waals surface area contributed by atoms with Crippen molar-refractivity contribution in [3.8, 4) is 5.69 Å². The number of carbonyl (C=O) groups excluding carboxylic acids is 1. The highest BCUT2D eigenvalue weighted by Gasteiger charge is 2.22. The third-order valence-electron chi connectivity index (χ3n) is 5.34. The zero-order chi connectivity index (χ0) is 25.8. The lowest BCUT2D eigenvalue weighted by atomic mass is 10.2.